The van der Waals surface area contributed by atoms with Crippen molar-refractivity contribution >= 4 is 23.7 Å². The molecule has 4 nitrogen and oxygen atoms in total. The van der Waals surface area contributed by atoms with Crippen molar-refractivity contribution in [2.24, 2.45) is 0 Å². The van der Waals surface area contributed by atoms with Crippen molar-refractivity contribution in [3.05, 3.63) is 18.0 Å². The lowest BCUT2D eigenvalue weighted by molar-refractivity contribution is 0.278. The molecule has 2 aromatic rings. The Morgan fingerprint density at radius 3 is 3.17 bits per heavy atom. The minimum Gasteiger partial charge on any atom is -0.390 e. The number of aliphatic hydroxyl groups is 1. The molecule has 0 amide bonds. The first kappa shape index (κ1) is 7.57. The molecule has 62 valence electrons. The predicted molar refractivity (Wildman–Crippen MR) is 47.1 cm³/mol. The van der Waals surface area contributed by atoms with E-state index in [1.807, 2.05) is 6.07 Å². The van der Waals surface area contributed by atoms with Gasteiger partial charge >= 0.3 is 0 Å². The van der Waals surface area contributed by atoms with E-state index < -0.39 is 0 Å². The van der Waals surface area contributed by atoms with Crippen LogP contribution in [0, 0.1) is 0 Å². The zero-order chi connectivity index (χ0) is 8.55. The minimum atomic E-state index is -0.0601. The highest BCUT2D eigenvalue weighted by Crippen LogP contribution is 2.16. The van der Waals surface area contributed by atoms with Crippen LogP contribution in [0.4, 0.5) is 0 Å². The van der Waals surface area contributed by atoms with Gasteiger partial charge in [0, 0.05) is 16.5 Å². The summed E-state index contributed by atoms with van der Waals surface area (Å²) in [6.07, 6.45) is 1.62. The third-order valence-corrected chi connectivity index (χ3v) is 1.88. The Labute approximate surface area is 74.0 Å². The van der Waals surface area contributed by atoms with Crippen molar-refractivity contribution in [2.45, 2.75) is 11.5 Å². The second-order valence-electron chi connectivity index (χ2n) is 2.42. The summed E-state index contributed by atoms with van der Waals surface area (Å²) in [5.74, 6) is 0. The van der Waals surface area contributed by atoms with Crippen LogP contribution in [-0.2, 0) is 6.61 Å². The average molecular weight is 181 g/mol. The molecule has 0 spiro atoms. The van der Waals surface area contributed by atoms with E-state index >= 15 is 0 Å². The molecule has 0 fully saturated rings. The number of aliphatic hydroxyl groups excluding tert-OH is 1. The molecule has 0 aliphatic carbocycles. The van der Waals surface area contributed by atoms with Gasteiger partial charge in [-0.05, 0) is 6.07 Å². The molecular formula is C7H7N3OS. The summed E-state index contributed by atoms with van der Waals surface area (Å²) in [6.45, 7) is -0.0601. The first-order chi connectivity index (χ1) is 5.81. The van der Waals surface area contributed by atoms with Crippen LogP contribution in [0.1, 0.15) is 5.69 Å². The highest BCUT2D eigenvalue weighted by Gasteiger charge is 2.04. The summed E-state index contributed by atoms with van der Waals surface area (Å²) >= 11 is 4.14. The van der Waals surface area contributed by atoms with E-state index in [4.69, 9.17) is 5.11 Å². The van der Waals surface area contributed by atoms with Crippen LogP contribution < -0.4 is 0 Å². The molecule has 2 aromatic heterocycles. The fourth-order valence-electron chi connectivity index (χ4n) is 1.06. The van der Waals surface area contributed by atoms with Crippen molar-refractivity contribution in [3.8, 4) is 0 Å². The maximum Gasteiger partial charge on any atom is 0.181 e. The molecule has 0 saturated carbocycles. The van der Waals surface area contributed by atoms with E-state index in [1.165, 1.54) is 0 Å². The molecule has 0 bridgehead atoms. The van der Waals surface area contributed by atoms with Gasteiger partial charge in [0.1, 0.15) is 0 Å². The monoisotopic (exact) mass is 181 g/mol. The molecule has 2 N–H and O–H groups in total. The van der Waals surface area contributed by atoms with Crippen LogP contribution >= 0.6 is 12.6 Å². The molecule has 12 heavy (non-hydrogen) atoms. The zero-order valence-corrected chi connectivity index (χ0v) is 7.05. The lowest BCUT2D eigenvalue weighted by Crippen LogP contribution is -1.82. The van der Waals surface area contributed by atoms with Crippen molar-refractivity contribution in [1.82, 2.24) is 15.2 Å². The van der Waals surface area contributed by atoms with Gasteiger partial charge in [0.05, 0.1) is 12.3 Å². The Bertz CT molecular complexity index is 412. The van der Waals surface area contributed by atoms with E-state index in [-0.39, 0.29) is 6.61 Å². The SMILES string of the molecule is OCc1[nH]nc2ncc(S)cc12. The fraction of sp³-hybridized carbons (Fsp3) is 0.143. The van der Waals surface area contributed by atoms with Crippen molar-refractivity contribution in [1.29, 1.82) is 0 Å². The van der Waals surface area contributed by atoms with Gasteiger partial charge in [0.25, 0.3) is 0 Å². The van der Waals surface area contributed by atoms with Crippen LogP contribution in [0.3, 0.4) is 0 Å². The maximum absolute atomic E-state index is 8.89. The van der Waals surface area contributed by atoms with E-state index in [0.29, 0.717) is 11.3 Å². The van der Waals surface area contributed by atoms with Crippen molar-refractivity contribution < 1.29 is 5.11 Å². The van der Waals surface area contributed by atoms with Crippen molar-refractivity contribution in [2.75, 3.05) is 0 Å². The normalized spacial score (nSPS) is 10.8. The molecule has 0 saturated heterocycles. The Morgan fingerprint density at radius 1 is 1.58 bits per heavy atom. The van der Waals surface area contributed by atoms with Crippen LogP contribution in [0.25, 0.3) is 11.0 Å². The second-order valence-corrected chi connectivity index (χ2v) is 2.94. The average Bonchev–Trinajstić information content (AvgIpc) is 2.46. The van der Waals surface area contributed by atoms with Crippen LogP contribution in [0.2, 0.25) is 0 Å². The number of H-pyrrole nitrogens is 1. The van der Waals surface area contributed by atoms with E-state index in [1.54, 1.807) is 6.20 Å². The molecule has 0 radical (unpaired) electrons. The predicted octanol–water partition coefficient (Wildman–Crippen LogP) is 0.739. The molecule has 0 aliphatic rings. The number of pyridine rings is 1. The molecule has 0 atom stereocenters. The van der Waals surface area contributed by atoms with Gasteiger partial charge in [-0.2, -0.15) is 5.10 Å². The maximum atomic E-state index is 8.89. The molecule has 2 heterocycles. The Morgan fingerprint density at radius 2 is 2.42 bits per heavy atom. The zero-order valence-electron chi connectivity index (χ0n) is 6.15. The van der Waals surface area contributed by atoms with Gasteiger partial charge < -0.3 is 5.11 Å². The summed E-state index contributed by atoms with van der Waals surface area (Å²) < 4.78 is 0. The Kier molecular flexibility index (Phi) is 1.74. The minimum absolute atomic E-state index is 0.0601. The van der Waals surface area contributed by atoms with Crippen LogP contribution in [0.15, 0.2) is 17.2 Å². The third kappa shape index (κ3) is 1.07. The summed E-state index contributed by atoms with van der Waals surface area (Å²) in [5, 5.41) is 16.3. The molecule has 2 rings (SSSR count). The summed E-state index contributed by atoms with van der Waals surface area (Å²) in [4.78, 5) is 4.78. The number of hydrogen-bond acceptors (Lipinski definition) is 4. The van der Waals surface area contributed by atoms with Gasteiger partial charge in [-0.1, -0.05) is 0 Å². The largest absolute Gasteiger partial charge is 0.390 e. The van der Waals surface area contributed by atoms with Crippen LogP contribution in [-0.4, -0.2) is 20.3 Å². The molecule has 0 aliphatic heterocycles. The first-order valence-corrected chi connectivity index (χ1v) is 3.89. The van der Waals surface area contributed by atoms with Gasteiger partial charge in [-0.25, -0.2) is 4.98 Å². The molecule has 0 unspecified atom stereocenters. The number of aromatic amines is 1. The quantitative estimate of drug-likeness (QED) is 0.568. The number of nitrogens with one attached hydrogen (secondary N) is 1. The summed E-state index contributed by atoms with van der Waals surface area (Å²) in [6, 6.07) is 1.82. The number of thiol groups is 1. The van der Waals surface area contributed by atoms with E-state index in [0.717, 1.165) is 10.3 Å². The van der Waals surface area contributed by atoms with Gasteiger partial charge in [-0.3, -0.25) is 5.10 Å². The number of aromatic nitrogens is 3. The standard InChI is InChI=1S/C7H7N3OS/c11-3-6-5-1-4(12)2-8-7(5)10-9-6/h1-2,11-12H,3H2,(H,8,9,10). The smallest absolute Gasteiger partial charge is 0.181 e. The number of rotatable bonds is 1. The van der Waals surface area contributed by atoms with E-state index in [2.05, 4.69) is 27.8 Å². The number of fused-ring (bicyclic) bond motifs is 1. The second kappa shape index (κ2) is 2.76. The van der Waals surface area contributed by atoms with Crippen molar-refractivity contribution in [3.63, 3.8) is 0 Å². The van der Waals surface area contributed by atoms with Gasteiger partial charge in [-0.15, -0.1) is 12.6 Å². The van der Waals surface area contributed by atoms with Gasteiger partial charge in [0.15, 0.2) is 5.65 Å². The third-order valence-electron chi connectivity index (χ3n) is 1.63. The lowest BCUT2D eigenvalue weighted by atomic mass is 10.3. The van der Waals surface area contributed by atoms with Gasteiger partial charge in [0.2, 0.25) is 0 Å². The number of nitrogens with zero attached hydrogens (tertiary/aromatic N) is 2. The first-order valence-electron chi connectivity index (χ1n) is 3.44. The summed E-state index contributed by atoms with van der Waals surface area (Å²) in [5.41, 5.74) is 1.28. The lowest BCUT2D eigenvalue weighted by Gasteiger charge is -1.91. The summed E-state index contributed by atoms with van der Waals surface area (Å²) in [7, 11) is 0. The fourth-order valence-corrected chi connectivity index (χ4v) is 1.25. The molecule has 5 heteroatoms. The van der Waals surface area contributed by atoms with Crippen LogP contribution in [0.5, 0.6) is 0 Å². The van der Waals surface area contributed by atoms with E-state index in [9.17, 15) is 0 Å². The molecular weight excluding hydrogens is 174 g/mol. The topological polar surface area (TPSA) is 61.8 Å². The molecule has 0 aromatic carbocycles. The highest BCUT2D eigenvalue weighted by molar-refractivity contribution is 7.80. The number of hydrogen-bond donors (Lipinski definition) is 3. The Hall–Kier alpha value is -1.07. The highest BCUT2D eigenvalue weighted by atomic mass is 32.1. The Balaban J connectivity index is 2.75.